The molecule has 0 bridgehead atoms. The maximum atomic E-state index is 11.9. The van der Waals surface area contributed by atoms with Crippen LogP contribution in [-0.4, -0.2) is 17.7 Å². The fraction of sp³-hybridized carbons (Fsp3) is 0.158. The molecule has 1 atom stereocenters. The lowest BCUT2D eigenvalue weighted by atomic mass is 9.95. The Morgan fingerprint density at radius 1 is 1.40 bits per heavy atom. The first-order valence-corrected chi connectivity index (χ1v) is 7.75. The molecule has 0 aliphatic rings. The molecule has 1 unspecified atom stereocenters. The number of aliphatic carboxylic acids is 1. The van der Waals surface area contributed by atoms with Crippen molar-refractivity contribution in [1.29, 1.82) is 5.26 Å². The molecule has 6 heteroatoms. The Morgan fingerprint density at radius 3 is 2.72 bits per heavy atom. The number of carboxylic acid groups (broad SMARTS) is 1. The quantitative estimate of drug-likeness (QED) is 0.753. The molecule has 0 saturated heterocycles. The van der Waals surface area contributed by atoms with E-state index in [9.17, 15) is 15.2 Å². The first-order chi connectivity index (χ1) is 11.9. The SMILES string of the molecule is C=CCOc1ccc(C#N)c(OC(C)(C(=O)O)c2ccccc2Cl)c1. The summed E-state index contributed by atoms with van der Waals surface area (Å²) in [7, 11) is 0. The molecule has 2 aromatic carbocycles. The highest BCUT2D eigenvalue weighted by molar-refractivity contribution is 6.31. The summed E-state index contributed by atoms with van der Waals surface area (Å²) in [6.45, 7) is 5.22. The highest BCUT2D eigenvalue weighted by Crippen LogP contribution is 2.35. The van der Waals surface area contributed by atoms with E-state index in [1.165, 1.54) is 19.1 Å². The van der Waals surface area contributed by atoms with Gasteiger partial charge >= 0.3 is 5.97 Å². The number of nitriles is 1. The third-order valence-electron chi connectivity index (χ3n) is 3.55. The topological polar surface area (TPSA) is 79.5 Å². The fourth-order valence-corrected chi connectivity index (χ4v) is 2.52. The Labute approximate surface area is 150 Å². The molecule has 25 heavy (non-hydrogen) atoms. The maximum Gasteiger partial charge on any atom is 0.352 e. The third kappa shape index (κ3) is 3.93. The van der Waals surface area contributed by atoms with Crippen molar-refractivity contribution in [3.05, 3.63) is 71.3 Å². The second kappa shape index (κ2) is 7.73. The first-order valence-electron chi connectivity index (χ1n) is 7.37. The zero-order valence-corrected chi connectivity index (χ0v) is 14.3. The van der Waals surface area contributed by atoms with Gasteiger partial charge in [0.05, 0.1) is 5.56 Å². The van der Waals surface area contributed by atoms with Crippen LogP contribution in [0.2, 0.25) is 5.02 Å². The van der Waals surface area contributed by atoms with Gasteiger partial charge in [-0.15, -0.1) is 0 Å². The van der Waals surface area contributed by atoms with E-state index in [0.29, 0.717) is 5.75 Å². The zero-order chi connectivity index (χ0) is 18.4. The van der Waals surface area contributed by atoms with Crippen molar-refractivity contribution in [2.45, 2.75) is 12.5 Å². The van der Waals surface area contributed by atoms with Crippen LogP contribution >= 0.6 is 11.6 Å². The van der Waals surface area contributed by atoms with E-state index in [0.717, 1.165) is 0 Å². The molecule has 0 saturated carbocycles. The van der Waals surface area contributed by atoms with Gasteiger partial charge in [0, 0.05) is 16.7 Å². The summed E-state index contributed by atoms with van der Waals surface area (Å²) in [5.41, 5.74) is -1.31. The summed E-state index contributed by atoms with van der Waals surface area (Å²) in [6, 6.07) is 13.1. The average Bonchev–Trinajstić information content (AvgIpc) is 2.60. The van der Waals surface area contributed by atoms with Crippen LogP contribution in [-0.2, 0) is 10.4 Å². The lowest BCUT2D eigenvalue weighted by molar-refractivity contribution is -0.154. The van der Waals surface area contributed by atoms with E-state index in [4.69, 9.17) is 21.1 Å². The van der Waals surface area contributed by atoms with E-state index >= 15 is 0 Å². The van der Waals surface area contributed by atoms with Gasteiger partial charge in [0.25, 0.3) is 0 Å². The van der Waals surface area contributed by atoms with Crippen LogP contribution in [0.3, 0.4) is 0 Å². The van der Waals surface area contributed by atoms with Gasteiger partial charge in [-0.1, -0.05) is 42.5 Å². The van der Waals surface area contributed by atoms with Crippen LogP contribution in [0.15, 0.2) is 55.1 Å². The van der Waals surface area contributed by atoms with Crippen molar-refractivity contribution < 1.29 is 19.4 Å². The van der Waals surface area contributed by atoms with E-state index in [-0.39, 0.29) is 28.5 Å². The van der Waals surface area contributed by atoms with Crippen molar-refractivity contribution in [2.75, 3.05) is 6.61 Å². The van der Waals surface area contributed by atoms with Crippen molar-refractivity contribution in [3.8, 4) is 17.6 Å². The smallest absolute Gasteiger partial charge is 0.352 e. The van der Waals surface area contributed by atoms with Crippen molar-refractivity contribution in [2.24, 2.45) is 0 Å². The van der Waals surface area contributed by atoms with E-state index in [2.05, 4.69) is 6.58 Å². The Morgan fingerprint density at radius 2 is 2.12 bits per heavy atom. The fourth-order valence-electron chi connectivity index (χ4n) is 2.21. The van der Waals surface area contributed by atoms with E-state index < -0.39 is 11.6 Å². The molecule has 0 spiro atoms. The largest absolute Gasteiger partial charge is 0.489 e. The first kappa shape index (κ1) is 18.4. The standard InChI is InChI=1S/C19H16ClNO4/c1-3-10-24-14-9-8-13(12-21)17(11-14)25-19(2,18(22)23)15-6-4-5-7-16(15)20/h3-9,11H,1,10H2,2H3,(H,22,23). The number of benzene rings is 2. The predicted octanol–water partition coefficient (Wildman–Crippen LogP) is 4.16. The lowest BCUT2D eigenvalue weighted by Crippen LogP contribution is -2.39. The van der Waals surface area contributed by atoms with Gasteiger partial charge in [0.2, 0.25) is 5.60 Å². The Bertz CT molecular complexity index is 844. The van der Waals surface area contributed by atoms with E-state index in [1.807, 2.05) is 6.07 Å². The highest BCUT2D eigenvalue weighted by Gasteiger charge is 2.40. The molecule has 0 aliphatic carbocycles. The molecule has 0 heterocycles. The molecule has 0 fully saturated rings. The third-order valence-corrected chi connectivity index (χ3v) is 3.88. The van der Waals surface area contributed by atoms with Crippen LogP contribution in [0.1, 0.15) is 18.1 Å². The number of rotatable bonds is 7. The molecule has 2 rings (SSSR count). The number of halogens is 1. The van der Waals surface area contributed by atoms with Crippen LogP contribution in [0.5, 0.6) is 11.5 Å². The van der Waals surface area contributed by atoms with Crippen molar-refractivity contribution >= 4 is 17.6 Å². The molecule has 128 valence electrons. The number of ether oxygens (including phenoxy) is 2. The second-order valence-electron chi connectivity index (χ2n) is 5.29. The minimum absolute atomic E-state index is 0.0916. The van der Waals surface area contributed by atoms with Crippen molar-refractivity contribution in [3.63, 3.8) is 0 Å². The molecule has 0 aromatic heterocycles. The molecule has 0 radical (unpaired) electrons. The van der Waals surface area contributed by atoms with Gasteiger partial charge in [0.1, 0.15) is 24.2 Å². The number of carboxylic acids is 1. The molecule has 1 N–H and O–H groups in total. The molecule has 5 nitrogen and oxygen atoms in total. The highest BCUT2D eigenvalue weighted by atomic mass is 35.5. The minimum atomic E-state index is -1.78. The molecule has 0 aliphatic heterocycles. The average molecular weight is 358 g/mol. The number of hydrogen-bond acceptors (Lipinski definition) is 4. The van der Waals surface area contributed by atoms with Gasteiger partial charge < -0.3 is 14.6 Å². The Balaban J connectivity index is 2.50. The van der Waals surface area contributed by atoms with Gasteiger partial charge in [-0.05, 0) is 25.1 Å². The number of nitrogens with zero attached hydrogens (tertiary/aromatic N) is 1. The predicted molar refractivity (Wildman–Crippen MR) is 93.9 cm³/mol. The van der Waals surface area contributed by atoms with Gasteiger partial charge in [-0.2, -0.15) is 5.26 Å². The summed E-state index contributed by atoms with van der Waals surface area (Å²) in [5, 5.41) is 19.3. The maximum absolute atomic E-state index is 11.9. The normalized spacial score (nSPS) is 12.5. The number of hydrogen-bond donors (Lipinski definition) is 1. The summed E-state index contributed by atoms with van der Waals surface area (Å²) in [5.74, 6) is -0.711. The monoisotopic (exact) mass is 357 g/mol. The van der Waals surface area contributed by atoms with Crippen molar-refractivity contribution in [1.82, 2.24) is 0 Å². The lowest BCUT2D eigenvalue weighted by Gasteiger charge is -2.28. The Hall–Kier alpha value is -2.97. The minimum Gasteiger partial charge on any atom is -0.489 e. The van der Waals surface area contributed by atoms with Crippen LogP contribution in [0.4, 0.5) is 0 Å². The van der Waals surface area contributed by atoms with Crippen LogP contribution < -0.4 is 9.47 Å². The van der Waals surface area contributed by atoms with Crippen LogP contribution in [0, 0.1) is 11.3 Å². The summed E-state index contributed by atoms with van der Waals surface area (Å²) in [6.07, 6.45) is 1.57. The molecule has 2 aromatic rings. The molecular weight excluding hydrogens is 342 g/mol. The molecule has 0 amide bonds. The number of carbonyl (C=O) groups is 1. The van der Waals surface area contributed by atoms with Gasteiger partial charge in [0.15, 0.2) is 0 Å². The zero-order valence-electron chi connectivity index (χ0n) is 13.5. The summed E-state index contributed by atoms with van der Waals surface area (Å²) >= 11 is 6.15. The Kier molecular flexibility index (Phi) is 5.68. The van der Waals surface area contributed by atoms with E-state index in [1.54, 1.807) is 36.4 Å². The second-order valence-corrected chi connectivity index (χ2v) is 5.70. The molecular formula is C19H16ClNO4. The van der Waals surface area contributed by atoms with Crippen LogP contribution in [0.25, 0.3) is 0 Å². The summed E-state index contributed by atoms with van der Waals surface area (Å²) < 4.78 is 11.2. The summed E-state index contributed by atoms with van der Waals surface area (Å²) in [4.78, 5) is 11.9. The van der Waals surface area contributed by atoms with Gasteiger partial charge in [-0.25, -0.2) is 4.79 Å². The van der Waals surface area contributed by atoms with Gasteiger partial charge in [-0.3, -0.25) is 0 Å².